The Morgan fingerprint density at radius 2 is 1.94 bits per heavy atom. The molecule has 2 aromatic rings. The van der Waals surface area contributed by atoms with Crippen LogP contribution in [0.4, 0.5) is 14.5 Å². The maximum Gasteiger partial charge on any atom is 0.143 e. The van der Waals surface area contributed by atoms with Crippen LogP contribution in [-0.4, -0.2) is 4.98 Å². The summed E-state index contributed by atoms with van der Waals surface area (Å²) in [4.78, 5) is 3.80. The molecule has 0 fully saturated rings. The summed E-state index contributed by atoms with van der Waals surface area (Å²) >= 11 is 0. The Balaban J connectivity index is 2.59. The summed E-state index contributed by atoms with van der Waals surface area (Å²) in [5.74, 6) is -0.945. The molecule has 0 unspecified atom stereocenters. The molecule has 16 heavy (non-hydrogen) atoms. The zero-order valence-corrected chi connectivity index (χ0v) is 8.67. The second-order valence-electron chi connectivity index (χ2n) is 3.57. The molecule has 82 valence electrons. The number of anilines is 1. The highest BCUT2D eigenvalue weighted by molar-refractivity contribution is 5.72. The third-order valence-electron chi connectivity index (χ3n) is 2.26. The SMILES string of the molecule is Cc1ccc(-c2ncc(F)cc2N)c(F)c1. The second kappa shape index (κ2) is 3.89. The molecular weight excluding hydrogens is 210 g/mol. The number of hydrogen-bond acceptors (Lipinski definition) is 2. The van der Waals surface area contributed by atoms with E-state index in [0.717, 1.165) is 17.8 Å². The molecule has 0 aliphatic carbocycles. The van der Waals surface area contributed by atoms with Crippen molar-refractivity contribution < 1.29 is 8.78 Å². The van der Waals surface area contributed by atoms with Gasteiger partial charge in [0.1, 0.15) is 11.6 Å². The minimum atomic E-state index is -0.534. The summed E-state index contributed by atoms with van der Waals surface area (Å²) in [6.45, 7) is 1.79. The van der Waals surface area contributed by atoms with Crippen molar-refractivity contribution in [1.29, 1.82) is 0 Å². The topological polar surface area (TPSA) is 38.9 Å². The quantitative estimate of drug-likeness (QED) is 0.802. The lowest BCUT2D eigenvalue weighted by molar-refractivity contribution is 0.620. The predicted molar refractivity (Wildman–Crippen MR) is 58.7 cm³/mol. The molecular formula is C12H10F2N2. The van der Waals surface area contributed by atoms with Gasteiger partial charge in [0, 0.05) is 11.6 Å². The van der Waals surface area contributed by atoms with Crippen molar-refractivity contribution in [2.24, 2.45) is 0 Å². The highest BCUT2D eigenvalue weighted by Crippen LogP contribution is 2.26. The minimum absolute atomic E-state index is 0.128. The number of hydrogen-bond donors (Lipinski definition) is 1. The number of nitrogens with zero attached hydrogens (tertiary/aromatic N) is 1. The van der Waals surface area contributed by atoms with Gasteiger partial charge in [-0.2, -0.15) is 0 Å². The third kappa shape index (κ3) is 1.86. The van der Waals surface area contributed by atoms with Gasteiger partial charge < -0.3 is 5.73 Å². The molecule has 0 spiro atoms. The molecule has 2 N–H and O–H groups in total. The Morgan fingerprint density at radius 1 is 1.19 bits per heavy atom. The van der Waals surface area contributed by atoms with E-state index in [0.29, 0.717) is 0 Å². The molecule has 0 amide bonds. The number of aryl methyl sites for hydroxylation is 1. The first-order valence-electron chi connectivity index (χ1n) is 4.75. The number of halogens is 2. The van der Waals surface area contributed by atoms with Crippen LogP contribution in [0, 0.1) is 18.6 Å². The van der Waals surface area contributed by atoms with Crippen molar-refractivity contribution in [3.63, 3.8) is 0 Å². The smallest absolute Gasteiger partial charge is 0.143 e. The molecule has 2 nitrogen and oxygen atoms in total. The van der Waals surface area contributed by atoms with Gasteiger partial charge in [-0.3, -0.25) is 4.98 Å². The molecule has 0 atom stereocenters. The second-order valence-corrected chi connectivity index (χ2v) is 3.57. The molecule has 2 rings (SSSR count). The van der Waals surface area contributed by atoms with Gasteiger partial charge in [0.05, 0.1) is 17.6 Å². The van der Waals surface area contributed by atoms with E-state index in [1.54, 1.807) is 19.1 Å². The van der Waals surface area contributed by atoms with Crippen molar-refractivity contribution in [2.45, 2.75) is 6.92 Å². The zero-order chi connectivity index (χ0) is 11.7. The predicted octanol–water partition coefficient (Wildman–Crippen LogP) is 2.92. The Morgan fingerprint density at radius 3 is 2.56 bits per heavy atom. The highest BCUT2D eigenvalue weighted by Gasteiger charge is 2.10. The van der Waals surface area contributed by atoms with Crippen LogP contribution >= 0.6 is 0 Å². The van der Waals surface area contributed by atoms with Gasteiger partial charge >= 0.3 is 0 Å². The summed E-state index contributed by atoms with van der Waals surface area (Å²) in [6.07, 6.45) is 1.02. The molecule has 0 bridgehead atoms. The first-order valence-corrected chi connectivity index (χ1v) is 4.75. The van der Waals surface area contributed by atoms with E-state index in [9.17, 15) is 8.78 Å². The lowest BCUT2D eigenvalue weighted by Crippen LogP contribution is -1.96. The minimum Gasteiger partial charge on any atom is -0.397 e. The molecule has 0 aliphatic heterocycles. The van der Waals surface area contributed by atoms with Crippen LogP contribution in [0.25, 0.3) is 11.3 Å². The Labute approximate surface area is 91.7 Å². The van der Waals surface area contributed by atoms with E-state index in [4.69, 9.17) is 5.73 Å². The molecule has 0 saturated carbocycles. The molecule has 0 aliphatic rings. The lowest BCUT2D eigenvalue weighted by Gasteiger charge is -2.06. The normalized spacial score (nSPS) is 10.4. The zero-order valence-electron chi connectivity index (χ0n) is 8.67. The number of nitrogen functional groups attached to an aromatic ring is 1. The van der Waals surface area contributed by atoms with Crippen LogP contribution in [0.1, 0.15) is 5.56 Å². The fraction of sp³-hybridized carbons (Fsp3) is 0.0833. The van der Waals surface area contributed by atoms with E-state index in [1.165, 1.54) is 6.07 Å². The van der Waals surface area contributed by atoms with Crippen LogP contribution in [0.2, 0.25) is 0 Å². The Kier molecular flexibility index (Phi) is 2.56. The Bertz CT molecular complexity index is 489. The molecule has 4 heteroatoms. The summed E-state index contributed by atoms with van der Waals surface area (Å²) in [5, 5.41) is 0. The van der Waals surface area contributed by atoms with Gasteiger partial charge in [0.15, 0.2) is 0 Å². The third-order valence-corrected chi connectivity index (χ3v) is 2.26. The lowest BCUT2D eigenvalue weighted by atomic mass is 10.1. The standard InChI is InChI=1S/C12H10F2N2/c1-7-2-3-9(10(14)4-7)12-11(15)5-8(13)6-16-12/h2-6H,15H2,1H3. The van der Waals surface area contributed by atoms with Crippen molar-refractivity contribution in [3.8, 4) is 11.3 Å². The molecule has 1 heterocycles. The van der Waals surface area contributed by atoms with E-state index in [2.05, 4.69) is 4.98 Å². The highest BCUT2D eigenvalue weighted by atomic mass is 19.1. The van der Waals surface area contributed by atoms with Crippen LogP contribution < -0.4 is 5.73 Å². The maximum atomic E-state index is 13.6. The first kappa shape index (κ1) is 10.5. The number of rotatable bonds is 1. The van der Waals surface area contributed by atoms with Crippen LogP contribution in [-0.2, 0) is 0 Å². The van der Waals surface area contributed by atoms with Gasteiger partial charge in [-0.25, -0.2) is 8.78 Å². The van der Waals surface area contributed by atoms with Gasteiger partial charge in [-0.15, -0.1) is 0 Å². The maximum absolute atomic E-state index is 13.6. The van der Waals surface area contributed by atoms with Gasteiger partial charge in [0.25, 0.3) is 0 Å². The average molecular weight is 220 g/mol. The summed E-state index contributed by atoms with van der Waals surface area (Å²) in [5.41, 5.74) is 7.07. The van der Waals surface area contributed by atoms with E-state index in [-0.39, 0.29) is 16.9 Å². The number of pyridine rings is 1. The van der Waals surface area contributed by atoms with Crippen molar-refractivity contribution >= 4 is 5.69 Å². The van der Waals surface area contributed by atoms with E-state index >= 15 is 0 Å². The molecule has 0 saturated heterocycles. The van der Waals surface area contributed by atoms with Gasteiger partial charge in [0.2, 0.25) is 0 Å². The molecule has 1 aromatic heterocycles. The van der Waals surface area contributed by atoms with Crippen molar-refractivity contribution in [1.82, 2.24) is 4.98 Å². The van der Waals surface area contributed by atoms with Crippen molar-refractivity contribution in [3.05, 3.63) is 47.7 Å². The average Bonchev–Trinajstić information content (AvgIpc) is 2.19. The molecule has 0 radical (unpaired) electrons. The molecule has 1 aromatic carbocycles. The van der Waals surface area contributed by atoms with Crippen LogP contribution in [0.15, 0.2) is 30.5 Å². The van der Waals surface area contributed by atoms with Gasteiger partial charge in [-0.1, -0.05) is 6.07 Å². The number of aromatic nitrogens is 1. The van der Waals surface area contributed by atoms with Crippen LogP contribution in [0.5, 0.6) is 0 Å². The number of nitrogens with two attached hydrogens (primary N) is 1. The fourth-order valence-corrected chi connectivity index (χ4v) is 1.49. The van der Waals surface area contributed by atoms with Crippen LogP contribution in [0.3, 0.4) is 0 Å². The first-order chi connectivity index (χ1) is 7.58. The van der Waals surface area contributed by atoms with E-state index in [1.807, 2.05) is 0 Å². The van der Waals surface area contributed by atoms with E-state index < -0.39 is 11.6 Å². The summed E-state index contributed by atoms with van der Waals surface area (Å²) < 4.78 is 26.4. The Hall–Kier alpha value is -1.97. The largest absolute Gasteiger partial charge is 0.397 e. The fourth-order valence-electron chi connectivity index (χ4n) is 1.49. The summed E-state index contributed by atoms with van der Waals surface area (Å²) in [7, 11) is 0. The number of benzene rings is 1. The van der Waals surface area contributed by atoms with Gasteiger partial charge in [-0.05, 0) is 24.6 Å². The monoisotopic (exact) mass is 220 g/mol. The van der Waals surface area contributed by atoms with Crippen molar-refractivity contribution in [2.75, 3.05) is 5.73 Å². The summed E-state index contributed by atoms with van der Waals surface area (Å²) in [6, 6.07) is 5.85.